The normalized spacial score (nSPS) is 23.9. The van der Waals surface area contributed by atoms with Crippen molar-refractivity contribution in [2.45, 2.75) is 25.0 Å². The molecule has 2 aliphatic heterocycles. The van der Waals surface area contributed by atoms with Crippen molar-refractivity contribution in [1.82, 2.24) is 15.6 Å². The minimum atomic E-state index is 0. The minimum absolute atomic E-state index is 0. The predicted octanol–water partition coefficient (Wildman–Crippen LogP) is 1.30. The standard InChI is InChI=1S/C14H21N3O2.ClH/c1-2-12(13-10-16-8-9-18-13)14(17-5-1)19-11-3-6-15-7-4-11;/h1-2,5,11,13,15-16H,3-4,6-10H2;1H. The molecule has 2 saturated heterocycles. The zero-order chi connectivity index (χ0) is 12.9. The number of hydrogen-bond acceptors (Lipinski definition) is 5. The van der Waals surface area contributed by atoms with Gasteiger partial charge in [-0.05, 0) is 38.1 Å². The van der Waals surface area contributed by atoms with Crippen LogP contribution in [-0.4, -0.2) is 43.9 Å². The van der Waals surface area contributed by atoms with E-state index in [1.54, 1.807) is 6.20 Å². The third-order valence-corrected chi connectivity index (χ3v) is 3.64. The van der Waals surface area contributed by atoms with Crippen molar-refractivity contribution >= 4 is 12.4 Å². The lowest BCUT2D eigenvalue weighted by Gasteiger charge is -2.28. The second-order valence-electron chi connectivity index (χ2n) is 5.03. The fourth-order valence-electron chi connectivity index (χ4n) is 2.58. The highest BCUT2D eigenvalue weighted by molar-refractivity contribution is 5.85. The second-order valence-corrected chi connectivity index (χ2v) is 5.03. The third kappa shape index (κ3) is 3.82. The van der Waals surface area contributed by atoms with Crippen LogP contribution in [0, 0.1) is 0 Å². The lowest BCUT2D eigenvalue weighted by molar-refractivity contribution is 0.0239. The molecule has 0 spiro atoms. The molecule has 1 unspecified atom stereocenters. The maximum absolute atomic E-state index is 6.08. The minimum Gasteiger partial charge on any atom is -0.474 e. The number of pyridine rings is 1. The van der Waals surface area contributed by atoms with Crippen molar-refractivity contribution in [2.75, 3.05) is 32.8 Å². The summed E-state index contributed by atoms with van der Waals surface area (Å²) in [4.78, 5) is 4.40. The quantitative estimate of drug-likeness (QED) is 0.881. The molecule has 3 heterocycles. The smallest absolute Gasteiger partial charge is 0.219 e. The van der Waals surface area contributed by atoms with Gasteiger partial charge in [-0.2, -0.15) is 0 Å². The lowest BCUT2D eigenvalue weighted by atomic mass is 10.1. The number of nitrogens with one attached hydrogen (secondary N) is 2. The molecular weight excluding hydrogens is 278 g/mol. The van der Waals surface area contributed by atoms with Crippen LogP contribution in [-0.2, 0) is 4.74 Å². The van der Waals surface area contributed by atoms with Crippen molar-refractivity contribution in [3.8, 4) is 5.88 Å². The molecule has 0 saturated carbocycles. The summed E-state index contributed by atoms with van der Waals surface area (Å²) >= 11 is 0. The molecule has 1 aromatic heterocycles. The van der Waals surface area contributed by atoms with Gasteiger partial charge in [0.25, 0.3) is 0 Å². The SMILES string of the molecule is Cl.c1cnc(OC2CCNCC2)c(C2CNCCO2)c1. The summed E-state index contributed by atoms with van der Waals surface area (Å²) in [5.74, 6) is 0.739. The highest BCUT2D eigenvalue weighted by Gasteiger charge is 2.23. The van der Waals surface area contributed by atoms with Crippen molar-refractivity contribution in [1.29, 1.82) is 0 Å². The molecule has 0 aromatic carbocycles. The fourth-order valence-corrected chi connectivity index (χ4v) is 2.58. The fraction of sp³-hybridized carbons (Fsp3) is 0.643. The van der Waals surface area contributed by atoms with Gasteiger partial charge in [0.15, 0.2) is 0 Å². The van der Waals surface area contributed by atoms with Crippen molar-refractivity contribution < 1.29 is 9.47 Å². The second kappa shape index (κ2) is 7.78. The first-order valence-electron chi connectivity index (χ1n) is 7.08. The Bertz CT molecular complexity index is 407. The largest absolute Gasteiger partial charge is 0.474 e. The number of hydrogen-bond donors (Lipinski definition) is 2. The molecule has 1 atom stereocenters. The maximum Gasteiger partial charge on any atom is 0.219 e. The lowest BCUT2D eigenvalue weighted by Crippen LogP contribution is -2.36. The average molecular weight is 300 g/mol. The van der Waals surface area contributed by atoms with E-state index in [9.17, 15) is 0 Å². The Kier molecular flexibility index (Phi) is 6.04. The number of aromatic nitrogens is 1. The predicted molar refractivity (Wildman–Crippen MR) is 79.6 cm³/mol. The van der Waals surface area contributed by atoms with Gasteiger partial charge in [-0.1, -0.05) is 0 Å². The zero-order valence-electron chi connectivity index (χ0n) is 11.5. The molecule has 0 radical (unpaired) electrons. The highest BCUT2D eigenvalue weighted by atomic mass is 35.5. The maximum atomic E-state index is 6.08. The van der Waals surface area contributed by atoms with Crippen molar-refractivity contribution in [2.24, 2.45) is 0 Å². The van der Waals surface area contributed by atoms with Gasteiger partial charge in [0, 0.05) is 24.8 Å². The molecular formula is C14H22ClN3O2. The summed E-state index contributed by atoms with van der Waals surface area (Å²) in [5, 5.41) is 6.69. The van der Waals surface area contributed by atoms with Crippen LogP contribution in [0.2, 0.25) is 0 Å². The van der Waals surface area contributed by atoms with Crippen LogP contribution in [0.5, 0.6) is 5.88 Å². The summed E-state index contributed by atoms with van der Waals surface area (Å²) in [7, 11) is 0. The van der Waals surface area contributed by atoms with Crippen LogP contribution in [0.3, 0.4) is 0 Å². The molecule has 0 amide bonds. The Morgan fingerprint density at radius 2 is 2.05 bits per heavy atom. The Hall–Kier alpha value is -0.880. The van der Waals surface area contributed by atoms with E-state index in [1.807, 2.05) is 6.07 Å². The molecule has 0 bridgehead atoms. The Morgan fingerprint density at radius 3 is 2.80 bits per heavy atom. The Morgan fingerprint density at radius 1 is 1.20 bits per heavy atom. The zero-order valence-corrected chi connectivity index (χ0v) is 12.3. The number of ether oxygens (including phenoxy) is 2. The molecule has 2 N–H and O–H groups in total. The van der Waals surface area contributed by atoms with Gasteiger partial charge in [0.1, 0.15) is 12.2 Å². The molecule has 3 rings (SSSR count). The van der Waals surface area contributed by atoms with Crippen LogP contribution in [0.1, 0.15) is 24.5 Å². The molecule has 1 aromatic rings. The highest BCUT2D eigenvalue weighted by Crippen LogP contribution is 2.27. The van der Waals surface area contributed by atoms with E-state index in [-0.39, 0.29) is 24.6 Å². The van der Waals surface area contributed by atoms with E-state index >= 15 is 0 Å². The van der Waals surface area contributed by atoms with Crippen molar-refractivity contribution in [3.05, 3.63) is 23.9 Å². The molecule has 6 heteroatoms. The van der Waals surface area contributed by atoms with E-state index in [0.29, 0.717) is 0 Å². The van der Waals surface area contributed by atoms with Gasteiger partial charge >= 0.3 is 0 Å². The first-order chi connectivity index (χ1) is 9.43. The van der Waals surface area contributed by atoms with Crippen LogP contribution in [0.15, 0.2) is 18.3 Å². The van der Waals surface area contributed by atoms with Gasteiger partial charge in [0.2, 0.25) is 5.88 Å². The molecule has 2 fully saturated rings. The van der Waals surface area contributed by atoms with Gasteiger partial charge in [-0.25, -0.2) is 4.98 Å². The van der Waals surface area contributed by atoms with E-state index < -0.39 is 0 Å². The first kappa shape index (κ1) is 15.5. The number of rotatable bonds is 3. The number of halogens is 1. The molecule has 20 heavy (non-hydrogen) atoms. The topological polar surface area (TPSA) is 55.4 Å². The molecule has 112 valence electrons. The average Bonchev–Trinajstić information content (AvgIpc) is 2.50. The van der Waals surface area contributed by atoms with Crippen LogP contribution < -0.4 is 15.4 Å². The summed E-state index contributed by atoms with van der Waals surface area (Å²) in [5.41, 5.74) is 1.06. The molecule has 5 nitrogen and oxygen atoms in total. The van der Waals surface area contributed by atoms with Crippen LogP contribution in [0.4, 0.5) is 0 Å². The van der Waals surface area contributed by atoms with Gasteiger partial charge in [-0.15, -0.1) is 12.4 Å². The Balaban J connectivity index is 0.00000147. The van der Waals surface area contributed by atoms with Crippen LogP contribution >= 0.6 is 12.4 Å². The van der Waals surface area contributed by atoms with E-state index in [2.05, 4.69) is 21.7 Å². The van der Waals surface area contributed by atoms with Gasteiger partial charge < -0.3 is 20.1 Å². The monoisotopic (exact) mass is 299 g/mol. The van der Waals surface area contributed by atoms with Crippen molar-refractivity contribution in [3.63, 3.8) is 0 Å². The summed E-state index contributed by atoms with van der Waals surface area (Å²) in [6.45, 7) is 4.53. The number of nitrogens with zero attached hydrogens (tertiary/aromatic N) is 1. The third-order valence-electron chi connectivity index (χ3n) is 3.64. The van der Waals surface area contributed by atoms with Crippen LogP contribution in [0.25, 0.3) is 0 Å². The Labute approximate surface area is 125 Å². The first-order valence-corrected chi connectivity index (χ1v) is 7.08. The van der Waals surface area contributed by atoms with E-state index in [1.165, 1.54) is 0 Å². The van der Waals surface area contributed by atoms with Gasteiger partial charge in [0.05, 0.1) is 6.61 Å². The molecule has 0 aliphatic carbocycles. The number of morpholine rings is 1. The van der Waals surface area contributed by atoms with Gasteiger partial charge in [-0.3, -0.25) is 0 Å². The number of piperidine rings is 1. The van der Waals surface area contributed by atoms with E-state index in [0.717, 1.165) is 57.1 Å². The molecule has 2 aliphatic rings. The summed E-state index contributed by atoms with van der Waals surface area (Å²) in [6.07, 6.45) is 4.20. The summed E-state index contributed by atoms with van der Waals surface area (Å²) < 4.78 is 11.9. The summed E-state index contributed by atoms with van der Waals surface area (Å²) in [6, 6.07) is 4.00. The van der Waals surface area contributed by atoms with E-state index in [4.69, 9.17) is 9.47 Å².